The smallest absolute Gasteiger partial charge is 0.338 e. The van der Waals surface area contributed by atoms with E-state index in [0.717, 1.165) is 16.6 Å². The molecule has 0 aliphatic rings. The van der Waals surface area contributed by atoms with E-state index < -0.39 is 0 Å². The highest BCUT2D eigenvalue weighted by atomic mass is 16.5. The SMILES string of the molecule is C.C.CC(C)c1ccc2[nH]c(COC(=O)c3cc[n+](C)cc3)cc2c1. The van der Waals surface area contributed by atoms with Gasteiger partial charge in [0.15, 0.2) is 12.4 Å². The van der Waals surface area contributed by atoms with Gasteiger partial charge < -0.3 is 9.72 Å². The van der Waals surface area contributed by atoms with Crippen molar-refractivity contribution in [2.45, 2.75) is 41.2 Å². The molecule has 134 valence electrons. The highest BCUT2D eigenvalue weighted by Gasteiger charge is 2.10. The van der Waals surface area contributed by atoms with Crippen molar-refractivity contribution in [2.24, 2.45) is 7.05 Å². The molecule has 0 aliphatic heterocycles. The molecule has 0 amide bonds. The number of nitrogens with one attached hydrogen (secondary N) is 1. The van der Waals surface area contributed by atoms with E-state index in [1.807, 2.05) is 30.1 Å². The minimum atomic E-state index is -0.313. The molecule has 0 radical (unpaired) electrons. The second-order valence-electron chi connectivity index (χ2n) is 6.12. The van der Waals surface area contributed by atoms with Crippen molar-refractivity contribution in [3.05, 3.63) is 65.6 Å². The first-order valence-electron chi connectivity index (χ1n) is 7.77. The number of fused-ring (bicyclic) bond motifs is 1. The molecule has 0 saturated heterocycles. The number of esters is 1. The molecule has 2 aromatic heterocycles. The number of nitrogens with zero attached hydrogens (tertiary/aromatic N) is 1. The summed E-state index contributed by atoms with van der Waals surface area (Å²) in [4.78, 5) is 15.3. The number of carbonyl (C=O) groups excluding carboxylic acids is 1. The summed E-state index contributed by atoms with van der Waals surface area (Å²) in [5, 5.41) is 1.15. The number of rotatable bonds is 4. The van der Waals surface area contributed by atoms with E-state index >= 15 is 0 Å². The van der Waals surface area contributed by atoms with E-state index in [-0.39, 0.29) is 27.4 Å². The first-order chi connectivity index (χ1) is 11.0. The number of hydrogen-bond donors (Lipinski definition) is 1. The molecule has 0 unspecified atom stereocenters. The average molecular weight is 341 g/mol. The minimum absolute atomic E-state index is 0. The van der Waals surface area contributed by atoms with Crippen LogP contribution in [0.2, 0.25) is 0 Å². The molecule has 0 fully saturated rings. The summed E-state index contributed by atoms with van der Waals surface area (Å²) >= 11 is 0. The van der Waals surface area contributed by atoms with Crippen LogP contribution in [0.5, 0.6) is 0 Å². The summed E-state index contributed by atoms with van der Waals surface area (Å²) in [7, 11) is 1.91. The quantitative estimate of drug-likeness (QED) is 0.550. The summed E-state index contributed by atoms with van der Waals surface area (Å²) in [6.07, 6.45) is 3.65. The lowest BCUT2D eigenvalue weighted by Crippen LogP contribution is -2.26. The Labute approximate surface area is 150 Å². The Bertz CT molecular complexity index is 833. The Hall–Kier alpha value is -2.62. The van der Waals surface area contributed by atoms with Crippen molar-refractivity contribution in [1.82, 2.24) is 4.98 Å². The highest BCUT2D eigenvalue weighted by molar-refractivity contribution is 5.89. The van der Waals surface area contributed by atoms with Gasteiger partial charge in [0.2, 0.25) is 0 Å². The zero-order valence-electron chi connectivity index (χ0n) is 13.7. The van der Waals surface area contributed by atoms with Gasteiger partial charge in [-0.05, 0) is 29.7 Å². The summed E-state index contributed by atoms with van der Waals surface area (Å²) in [6.45, 7) is 4.60. The number of aryl methyl sites for hydroxylation is 1. The second kappa shape index (κ2) is 8.47. The van der Waals surface area contributed by atoms with Gasteiger partial charge in [0.05, 0.1) is 11.3 Å². The first-order valence-corrected chi connectivity index (χ1v) is 7.77. The van der Waals surface area contributed by atoms with Crippen LogP contribution in [0.15, 0.2) is 48.8 Å². The van der Waals surface area contributed by atoms with E-state index in [1.165, 1.54) is 5.56 Å². The van der Waals surface area contributed by atoms with Crippen molar-refractivity contribution in [3.63, 3.8) is 0 Å². The van der Waals surface area contributed by atoms with Gasteiger partial charge in [-0.3, -0.25) is 0 Å². The van der Waals surface area contributed by atoms with Crippen LogP contribution in [0.1, 0.15) is 56.2 Å². The number of hydrogen-bond acceptors (Lipinski definition) is 2. The van der Waals surface area contributed by atoms with E-state index in [1.54, 1.807) is 12.1 Å². The van der Waals surface area contributed by atoms with Crippen LogP contribution in [-0.2, 0) is 18.4 Å². The van der Waals surface area contributed by atoms with Gasteiger partial charge in [-0.1, -0.05) is 34.8 Å². The van der Waals surface area contributed by atoms with Crippen LogP contribution < -0.4 is 4.57 Å². The summed E-state index contributed by atoms with van der Waals surface area (Å²) in [5.41, 5.74) is 3.82. The largest absolute Gasteiger partial charge is 0.456 e. The molecule has 0 saturated carbocycles. The molecule has 0 spiro atoms. The number of pyridine rings is 1. The van der Waals surface area contributed by atoms with Gasteiger partial charge in [0, 0.05) is 23.0 Å². The number of H-pyrrole nitrogens is 1. The third-order valence-corrected chi connectivity index (χ3v) is 3.94. The summed E-state index contributed by atoms with van der Waals surface area (Å²) in [5.74, 6) is 0.183. The monoisotopic (exact) mass is 341 g/mol. The van der Waals surface area contributed by atoms with Crippen LogP contribution in [-0.4, -0.2) is 11.0 Å². The Morgan fingerprint density at radius 2 is 1.80 bits per heavy atom. The third-order valence-electron chi connectivity index (χ3n) is 3.94. The fourth-order valence-electron chi connectivity index (χ4n) is 2.51. The fraction of sp³-hybridized carbons (Fsp3) is 0.333. The highest BCUT2D eigenvalue weighted by Crippen LogP contribution is 2.22. The lowest BCUT2D eigenvalue weighted by molar-refractivity contribution is -0.671. The van der Waals surface area contributed by atoms with Gasteiger partial charge >= 0.3 is 5.97 Å². The molecule has 4 heteroatoms. The molecular weight excluding hydrogens is 312 g/mol. The number of benzene rings is 1. The van der Waals surface area contributed by atoms with Crippen molar-refractivity contribution < 1.29 is 14.1 Å². The Morgan fingerprint density at radius 1 is 1.12 bits per heavy atom. The van der Waals surface area contributed by atoms with Crippen LogP contribution >= 0.6 is 0 Å². The Kier molecular flexibility index (Phi) is 6.92. The third kappa shape index (κ3) is 4.69. The van der Waals surface area contributed by atoms with Crippen molar-refractivity contribution in [2.75, 3.05) is 0 Å². The van der Waals surface area contributed by atoms with Gasteiger partial charge in [0.25, 0.3) is 0 Å². The lowest BCUT2D eigenvalue weighted by Gasteiger charge is -2.03. The van der Waals surface area contributed by atoms with Crippen LogP contribution in [0.4, 0.5) is 0 Å². The van der Waals surface area contributed by atoms with Gasteiger partial charge in [-0.25, -0.2) is 9.36 Å². The molecule has 3 aromatic rings. The molecule has 25 heavy (non-hydrogen) atoms. The first kappa shape index (κ1) is 20.4. The maximum Gasteiger partial charge on any atom is 0.338 e. The predicted octanol–water partition coefficient (Wildman–Crippen LogP) is 4.75. The number of aromatic nitrogens is 2. The summed E-state index contributed by atoms with van der Waals surface area (Å²) in [6, 6.07) is 11.9. The molecule has 0 aliphatic carbocycles. The topological polar surface area (TPSA) is 46.0 Å². The maximum atomic E-state index is 12.0. The van der Waals surface area contributed by atoms with Crippen LogP contribution in [0, 0.1) is 0 Å². The molecular formula is C21H29N2O2+. The molecule has 1 N–H and O–H groups in total. The standard InChI is InChI=1S/C19H20N2O2.2CH4/c1-13(2)15-4-5-18-16(10-15)11-17(20-18)12-23-19(22)14-6-8-21(3)9-7-14;;/h4-11,13H,12H2,1-3H3;2*1H4/p+1. The van der Waals surface area contributed by atoms with Crippen molar-refractivity contribution in [3.8, 4) is 0 Å². The van der Waals surface area contributed by atoms with Gasteiger partial charge in [0.1, 0.15) is 13.7 Å². The zero-order valence-corrected chi connectivity index (χ0v) is 13.7. The Balaban J connectivity index is 0.00000156. The van der Waals surface area contributed by atoms with Crippen molar-refractivity contribution >= 4 is 16.9 Å². The van der Waals surface area contributed by atoms with Crippen molar-refractivity contribution in [1.29, 1.82) is 0 Å². The van der Waals surface area contributed by atoms with E-state index in [0.29, 0.717) is 11.5 Å². The molecule has 3 rings (SSSR count). The second-order valence-corrected chi connectivity index (χ2v) is 6.12. The van der Waals surface area contributed by atoms with Crippen LogP contribution in [0.25, 0.3) is 10.9 Å². The van der Waals surface area contributed by atoms with E-state index in [4.69, 9.17) is 4.74 Å². The maximum absolute atomic E-state index is 12.0. The Morgan fingerprint density at radius 3 is 2.44 bits per heavy atom. The minimum Gasteiger partial charge on any atom is -0.456 e. The predicted molar refractivity (Wildman–Crippen MR) is 103 cm³/mol. The molecule has 0 bridgehead atoms. The average Bonchev–Trinajstić information content (AvgIpc) is 2.95. The number of carbonyl (C=O) groups is 1. The number of aromatic amines is 1. The number of ether oxygens (including phenoxy) is 1. The molecule has 1 aromatic carbocycles. The fourth-order valence-corrected chi connectivity index (χ4v) is 2.51. The molecule has 2 heterocycles. The van der Waals surface area contributed by atoms with E-state index in [2.05, 4.69) is 37.0 Å². The molecule has 0 atom stereocenters. The molecule has 4 nitrogen and oxygen atoms in total. The van der Waals surface area contributed by atoms with E-state index in [9.17, 15) is 4.79 Å². The summed E-state index contributed by atoms with van der Waals surface area (Å²) < 4.78 is 7.26. The normalized spacial score (nSPS) is 10.2. The lowest BCUT2D eigenvalue weighted by atomic mass is 10.0. The van der Waals surface area contributed by atoms with Crippen LogP contribution in [0.3, 0.4) is 0 Å². The zero-order chi connectivity index (χ0) is 16.4. The van der Waals surface area contributed by atoms with Gasteiger partial charge in [-0.15, -0.1) is 0 Å². The van der Waals surface area contributed by atoms with Gasteiger partial charge in [-0.2, -0.15) is 0 Å².